The Bertz CT molecular complexity index is 484. The summed E-state index contributed by atoms with van der Waals surface area (Å²) < 4.78 is 27.0. The molecule has 1 aromatic rings. The first-order valence-electron chi connectivity index (χ1n) is 7.94. The van der Waals surface area contributed by atoms with Crippen LogP contribution in [-0.2, 0) is 6.42 Å². The summed E-state index contributed by atoms with van der Waals surface area (Å²) in [6, 6.07) is 4.41. The third-order valence-electron chi connectivity index (χ3n) is 5.15. The topological polar surface area (TPSA) is 12.0 Å². The molecule has 0 bridgehead atoms. The molecule has 0 saturated heterocycles. The van der Waals surface area contributed by atoms with Crippen molar-refractivity contribution < 1.29 is 8.78 Å². The lowest BCUT2D eigenvalue weighted by atomic mass is 9.64. The van der Waals surface area contributed by atoms with Crippen molar-refractivity contribution in [3.63, 3.8) is 0 Å². The molecule has 0 spiro atoms. The van der Waals surface area contributed by atoms with Gasteiger partial charge in [-0.05, 0) is 55.2 Å². The fraction of sp³-hybridized carbons (Fsp3) is 0.667. The van der Waals surface area contributed by atoms with Crippen molar-refractivity contribution in [3.05, 3.63) is 35.4 Å². The van der Waals surface area contributed by atoms with E-state index in [1.54, 1.807) is 6.07 Å². The van der Waals surface area contributed by atoms with Gasteiger partial charge in [0.15, 0.2) is 0 Å². The highest BCUT2D eigenvalue weighted by molar-refractivity contribution is 5.20. The summed E-state index contributed by atoms with van der Waals surface area (Å²) in [5.41, 5.74) is 0.613. The summed E-state index contributed by atoms with van der Waals surface area (Å²) in [7, 11) is 2.02. The van der Waals surface area contributed by atoms with Gasteiger partial charge in [-0.25, -0.2) is 8.78 Å². The minimum absolute atomic E-state index is 0.00745. The molecule has 21 heavy (non-hydrogen) atoms. The summed E-state index contributed by atoms with van der Waals surface area (Å²) in [4.78, 5) is 0. The molecule has 0 heterocycles. The third kappa shape index (κ3) is 3.82. The Morgan fingerprint density at radius 2 is 1.95 bits per heavy atom. The molecule has 1 saturated carbocycles. The second kappa shape index (κ2) is 6.43. The Morgan fingerprint density at radius 3 is 2.57 bits per heavy atom. The first kappa shape index (κ1) is 16.4. The average Bonchev–Trinajstić information content (AvgIpc) is 2.41. The van der Waals surface area contributed by atoms with Crippen LogP contribution in [0.15, 0.2) is 18.2 Å². The summed E-state index contributed by atoms with van der Waals surface area (Å²) in [5, 5.41) is 3.45. The highest BCUT2D eigenvalue weighted by atomic mass is 19.1. The van der Waals surface area contributed by atoms with Crippen LogP contribution in [0.3, 0.4) is 0 Å². The summed E-state index contributed by atoms with van der Waals surface area (Å²) in [6.45, 7) is 6.72. The molecule has 0 aromatic heterocycles. The molecule has 0 aliphatic heterocycles. The molecule has 1 fully saturated rings. The maximum Gasteiger partial charge on any atom is 0.129 e. The van der Waals surface area contributed by atoms with E-state index in [-0.39, 0.29) is 5.41 Å². The maximum absolute atomic E-state index is 13.9. The van der Waals surface area contributed by atoms with Crippen molar-refractivity contribution in [2.45, 2.75) is 52.5 Å². The summed E-state index contributed by atoms with van der Waals surface area (Å²) in [6.07, 6.45) is 4.23. The van der Waals surface area contributed by atoms with E-state index in [9.17, 15) is 8.78 Å². The molecule has 3 unspecified atom stereocenters. The van der Waals surface area contributed by atoms with Crippen LogP contribution in [0.5, 0.6) is 0 Å². The Morgan fingerprint density at radius 1 is 1.24 bits per heavy atom. The maximum atomic E-state index is 13.9. The summed E-state index contributed by atoms with van der Waals surface area (Å²) in [5.74, 6) is 0.335. The Hall–Kier alpha value is -0.960. The minimum atomic E-state index is -0.506. The van der Waals surface area contributed by atoms with Gasteiger partial charge in [0.1, 0.15) is 11.6 Å². The van der Waals surface area contributed by atoms with Gasteiger partial charge in [0.25, 0.3) is 0 Å². The van der Waals surface area contributed by atoms with Gasteiger partial charge in [0, 0.05) is 12.1 Å². The molecule has 0 radical (unpaired) electrons. The number of rotatable bonds is 4. The quantitative estimate of drug-likeness (QED) is 0.858. The second-order valence-electron chi connectivity index (χ2n) is 7.32. The zero-order valence-electron chi connectivity index (χ0n) is 13.5. The SMILES string of the molecule is CNC1CC(C)CCC1C(C)(C)Cc1ccc(F)cc1F. The van der Waals surface area contributed by atoms with Crippen LogP contribution in [0.1, 0.15) is 45.6 Å². The fourth-order valence-corrected chi connectivity index (χ4v) is 3.92. The van der Waals surface area contributed by atoms with E-state index in [1.165, 1.54) is 25.3 Å². The zero-order chi connectivity index (χ0) is 15.6. The Labute approximate surface area is 127 Å². The van der Waals surface area contributed by atoms with Crippen molar-refractivity contribution in [3.8, 4) is 0 Å². The van der Waals surface area contributed by atoms with Crippen molar-refractivity contribution >= 4 is 0 Å². The zero-order valence-corrected chi connectivity index (χ0v) is 13.5. The summed E-state index contributed by atoms with van der Waals surface area (Å²) >= 11 is 0. The van der Waals surface area contributed by atoms with E-state index >= 15 is 0 Å². The van der Waals surface area contributed by atoms with Crippen LogP contribution in [-0.4, -0.2) is 13.1 Å². The first-order chi connectivity index (χ1) is 9.83. The van der Waals surface area contributed by atoms with Crippen molar-refractivity contribution in [2.24, 2.45) is 17.3 Å². The second-order valence-corrected chi connectivity index (χ2v) is 7.32. The smallest absolute Gasteiger partial charge is 0.129 e. The van der Waals surface area contributed by atoms with E-state index in [2.05, 4.69) is 26.1 Å². The Balaban J connectivity index is 2.16. The van der Waals surface area contributed by atoms with Gasteiger partial charge < -0.3 is 5.32 Å². The van der Waals surface area contributed by atoms with E-state index in [1.807, 2.05) is 7.05 Å². The number of hydrogen-bond acceptors (Lipinski definition) is 1. The predicted molar refractivity (Wildman–Crippen MR) is 83.2 cm³/mol. The fourth-order valence-electron chi connectivity index (χ4n) is 3.92. The predicted octanol–water partition coefficient (Wildman–Crippen LogP) is 4.56. The number of nitrogens with one attached hydrogen (secondary N) is 1. The lowest BCUT2D eigenvalue weighted by Crippen LogP contribution is -2.46. The Kier molecular flexibility index (Phi) is 5.03. The van der Waals surface area contributed by atoms with E-state index in [0.29, 0.717) is 23.9 Å². The number of benzene rings is 1. The van der Waals surface area contributed by atoms with Gasteiger partial charge >= 0.3 is 0 Å². The molecule has 3 heteroatoms. The van der Waals surface area contributed by atoms with Crippen LogP contribution in [0, 0.1) is 28.9 Å². The monoisotopic (exact) mass is 295 g/mol. The highest BCUT2D eigenvalue weighted by Gasteiger charge is 2.38. The van der Waals surface area contributed by atoms with Crippen molar-refractivity contribution in [2.75, 3.05) is 7.05 Å². The van der Waals surface area contributed by atoms with E-state index < -0.39 is 11.6 Å². The van der Waals surface area contributed by atoms with Crippen LogP contribution in [0.2, 0.25) is 0 Å². The van der Waals surface area contributed by atoms with Crippen molar-refractivity contribution in [1.82, 2.24) is 5.32 Å². The average molecular weight is 295 g/mol. The van der Waals surface area contributed by atoms with Gasteiger partial charge in [-0.15, -0.1) is 0 Å². The van der Waals surface area contributed by atoms with Crippen LogP contribution in [0.4, 0.5) is 8.78 Å². The van der Waals surface area contributed by atoms with Gasteiger partial charge in [-0.1, -0.05) is 33.3 Å². The van der Waals surface area contributed by atoms with Crippen LogP contribution < -0.4 is 5.32 Å². The number of halogens is 2. The van der Waals surface area contributed by atoms with Crippen molar-refractivity contribution in [1.29, 1.82) is 0 Å². The molecule has 1 aromatic carbocycles. The van der Waals surface area contributed by atoms with E-state index in [0.717, 1.165) is 12.0 Å². The molecule has 1 N–H and O–H groups in total. The standard InChI is InChI=1S/C18H27F2N/c1-12-5-8-15(17(9-12)21-4)18(2,3)11-13-6-7-14(19)10-16(13)20/h6-7,10,12,15,17,21H,5,8-9,11H2,1-4H3. The molecule has 3 atom stereocenters. The molecule has 1 aliphatic carbocycles. The number of hydrogen-bond donors (Lipinski definition) is 1. The molecule has 0 amide bonds. The molecule has 1 aliphatic rings. The van der Waals surface area contributed by atoms with E-state index in [4.69, 9.17) is 0 Å². The molecule has 2 rings (SSSR count). The normalized spacial score (nSPS) is 26.9. The molecule has 1 nitrogen and oxygen atoms in total. The van der Waals surface area contributed by atoms with Gasteiger partial charge in [-0.3, -0.25) is 0 Å². The molecular formula is C18H27F2N. The molecule has 118 valence electrons. The minimum Gasteiger partial charge on any atom is -0.317 e. The largest absolute Gasteiger partial charge is 0.317 e. The highest BCUT2D eigenvalue weighted by Crippen LogP contribution is 2.42. The molecular weight excluding hydrogens is 268 g/mol. The van der Waals surface area contributed by atoms with Gasteiger partial charge in [0.2, 0.25) is 0 Å². The van der Waals surface area contributed by atoms with Crippen LogP contribution in [0.25, 0.3) is 0 Å². The third-order valence-corrected chi connectivity index (χ3v) is 5.15. The lowest BCUT2D eigenvalue weighted by molar-refractivity contribution is 0.0973. The van der Waals surface area contributed by atoms with Crippen LogP contribution >= 0.6 is 0 Å². The van der Waals surface area contributed by atoms with Gasteiger partial charge in [0.05, 0.1) is 0 Å². The first-order valence-corrected chi connectivity index (χ1v) is 7.94. The van der Waals surface area contributed by atoms with Gasteiger partial charge in [-0.2, -0.15) is 0 Å². The lowest BCUT2D eigenvalue weighted by Gasteiger charge is -2.44.